The van der Waals surface area contributed by atoms with Crippen molar-refractivity contribution in [3.63, 3.8) is 0 Å². The van der Waals surface area contributed by atoms with Gasteiger partial charge in [-0.1, -0.05) is 69.8 Å². The Morgan fingerprint density at radius 1 is 0.957 bits per heavy atom. The monoisotopic (exact) mass is 322 g/mol. The molecule has 1 unspecified atom stereocenters. The zero-order valence-corrected chi connectivity index (χ0v) is 15.7. The first-order valence-electron chi connectivity index (χ1n) is 9.65. The number of ether oxygens (including phenoxy) is 1. The molecule has 0 heterocycles. The Morgan fingerprint density at radius 3 is 2.39 bits per heavy atom. The molecular formula is C21H38O2. The molecule has 0 aliphatic heterocycles. The van der Waals surface area contributed by atoms with Gasteiger partial charge in [0.25, 0.3) is 0 Å². The molecule has 0 rings (SSSR count). The first kappa shape index (κ1) is 22.1. The molecule has 0 aromatic heterocycles. The maximum absolute atomic E-state index is 10.9. The summed E-state index contributed by atoms with van der Waals surface area (Å²) in [7, 11) is 0. The highest BCUT2D eigenvalue weighted by molar-refractivity contribution is 5.75. The second-order valence-corrected chi connectivity index (χ2v) is 6.31. The van der Waals surface area contributed by atoms with E-state index >= 15 is 0 Å². The Morgan fingerprint density at radius 2 is 1.70 bits per heavy atom. The lowest BCUT2D eigenvalue weighted by Gasteiger charge is -2.12. The van der Waals surface area contributed by atoms with E-state index < -0.39 is 0 Å². The van der Waals surface area contributed by atoms with Crippen LogP contribution in [0.1, 0.15) is 91.4 Å². The second kappa shape index (κ2) is 17.5. The van der Waals surface area contributed by atoms with Crippen molar-refractivity contribution in [3.05, 3.63) is 24.3 Å². The van der Waals surface area contributed by atoms with Gasteiger partial charge in [0.1, 0.15) is 5.78 Å². The zero-order chi connectivity index (χ0) is 17.2. The lowest BCUT2D eigenvalue weighted by molar-refractivity contribution is -0.117. The van der Waals surface area contributed by atoms with Gasteiger partial charge in [0.05, 0.1) is 6.10 Å². The van der Waals surface area contributed by atoms with Crippen molar-refractivity contribution >= 4 is 5.78 Å². The van der Waals surface area contributed by atoms with Gasteiger partial charge in [0.15, 0.2) is 0 Å². The van der Waals surface area contributed by atoms with E-state index in [1.54, 1.807) is 6.92 Å². The minimum absolute atomic E-state index is 0.248. The average molecular weight is 323 g/mol. The Kier molecular flexibility index (Phi) is 16.8. The molecule has 0 aliphatic carbocycles. The fraction of sp³-hybridized carbons (Fsp3) is 0.762. The predicted octanol–water partition coefficient (Wildman–Crippen LogP) is 6.40. The molecule has 2 nitrogen and oxygen atoms in total. The maximum Gasteiger partial charge on any atom is 0.129 e. The van der Waals surface area contributed by atoms with Gasteiger partial charge in [-0.25, -0.2) is 0 Å². The van der Waals surface area contributed by atoms with Crippen LogP contribution in [0.25, 0.3) is 0 Å². The van der Waals surface area contributed by atoms with Crippen molar-refractivity contribution in [3.8, 4) is 0 Å². The van der Waals surface area contributed by atoms with E-state index in [1.165, 1.54) is 51.4 Å². The van der Waals surface area contributed by atoms with Gasteiger partial charge in [-0.05, 0) is 39.5 Å². The van der Waals surface area contributed by atoms with Crippen LogP contribution in [0.5, 0.6) is 0 Å². The quantitative estimate of drug-likeness (QED) is 0.242. The van der Waals surface area contributed by atoms with Gasteiger partial charge in [-0.15, -0.1) is 0 Å². The Bertz CT molecular complexity index is 318. The molecule has 0 aliphatic rings. The van der Waals surface area contributed by atoms with Crippen LogP contribution in [-0.2, 0) is 9.53 Å². The van der Waals surface area contributed by atoms with Gasteiger partial charge in [0.2, 0.25) is 0 Å². The minimum atomic E-state index is 0.248. The molecule has 0 saturated heterocycles. The summed E-state index contributed by atoms with van der Waals surface area (Å²) in [5.41, 5.74) is 0. The third kappa shape index (κ3) is 17.3. The minimum Gasteiger partial charge on any atom is -0.374 e. The second-order valence-electron chi connectivity index (χ2n) is 6.31. The SMILES string of the molecule is CCCCC/C=C/C=C/C(CCCCCCCC(C)=O)OCC. The van der Waals surface area contributed by atoms with Crippen molar-refractivity contribution in [1.29, 1.82) is 0 Å². The number of allylic oxidation sites excluding steroid dienone is 3. The van der Waals surface area contributed by atoms with Crippen molar-refractivity contribution < 1.29 is 9.53 Å². The third-order valence-corrected chi connectivity index (χ3v) is 3.95. The summed E-state index contributed by atoms with van der Waals surface area (Å²) in [6.07, 6.45) is 21.8. The Labute approximate surface area is 144 Å². The number of Topliss-reactive ketones (excluding diaryl/α,β-unsaturated/α-hetero) is 1. The molecule has 0 fully saturated rings. The van der Waals surface area contributed by atoms with E-state index in [0.717, 1.165) is 25.9 Å². The molecular weight excluding hydrogens is 284 g/mol. The van der Waals surface area contributed by atoms with E-state index in [1.807, 2.05) is 0 Å². The lowest BCUT2D eigenvalue weighted by atomic mass is 10.1. The van der Waals surface area contributed by atoms with Crippen molar-refractivity contribution in [2.24, 2.45) is 0 Å². The number of unbranched alkanes of at least 4 members (excludes halogenated alkanes) is 7. The van der Waals surface area contributed by atoms with E-state index in [9.17, 15) is 4.79 Å². The number of carbonyl (C=O) groups excluding carboxylic acids is 1. The molecule has 23 heavy (non-hydrogen) atoms. The highest BCUT2D eigenvalue weighted by Crippen LogP contribution is 2.12. The lowest BCUT2D eigenvalue weighted by Crippen LogP contribution is -2.09. The predicted molar refractivity (Wildman–Crippen MR) is 101 cm³/mol. The van der Waals surface area contributed by atoms with Crippen molar-refractivity contribution in [2.45, 2.75) is 97.5 Å². The molecule has 0 aromatic rings. The summed E-state index contributed by atoms with van der Waals surface area (Å²) in [5.74, 6) is 0.314. The smallest absolute Gasteiger partial charge is 0.129 e. The summed E-state index contributed by atoms with van der Waals surface area (Å²) in [4.78, 5) is 10.9. The zero-order valence-electron chi connectivity index (χ0n) is 15.7. The Balaban J connectivity index is 3.74. The van der Waals surface area contributed by atoms with Gasteiger partial charge in [0, 0.05) is 13.0 Å². The average Bonchev–Trinajstić information content (AvgIpc) is 2.52. The standard InChI is InChI=1S/C21H38O2/c1-4-6-7-8-9-12-15-18-21(23-5-2)19-16-13-10-11-14-17-20(3)22/h9,12,15,18,21H,4-8,10-11,13-14,16-17,19H2,1-3H3/b12-9+,18-15+. The number of hydrogen-bond acceptors (Lipinski definition) is 2. The van der Waals surface area contributed by atoms with Crippen LogP contribution in [0.3, 0.4) is 0 Å². The topological polar surface area (TPSA) is 26.3 Å². The molecule has 1 atom stereocenters. The van der Waals surface area contributed by atoms with E-state index in [0.29, 0.717) is 5.78 Å². The Hall–Kier alpha value is -0.890. The fourth-order valence-corrected chi connectivity index (χ4v) is 2.57. The number of hydrogen-bond donors (Lipinski definition) is 0. The largest absolute Gasteiger partial charge is 0.374 e. The first-order chi connectivity index (χ1) is 11.2. The first-order valence-corrected chi connectivity index (χ1v) is 9.65. The molecule has 0 radical (unpaired) electrons. The normalized spacial score (nSPS) is 13.2. The van der Waals surface area contributed by atoms with E-state index in [-0.39, 0.29) is 6.10 Å². The molecule has 2 heteroatoms. The molecule has 0 spiro atoms. The van der Waals surface area contributed by atoms with Crippen LogP contribution < -0.4 is 0 Å². The van der Waals surface area contributed by atoms with Gasteiger partial charge < -0.3 is 9.53 Å². The van der Waals surface area contributed by atoms with Crippen LogP contribution in [0.2, 0.25) is 0 Å². The van der Waals surface area contributed by atoms with Crippen LogP contribution in [0.4, 0.5) is 0 Å². The van der Waals surface area contributed by atoms with E-state index in [2.05, 4.69) is 38.2 Å². The highest BCUT2D eigenvalue weighted by Gasteiger charge is 2.03. The summed E-state index contributed by atoms with van der Waals surface area (Å²) < 4.78 is 5.78. The molecule has 0 amide bonds. The van der Waals surface area contributed by atoms with Gasteiger partial charge in [-0.2, -0.15) is 0 Å². The highest BCUT2D eigenvalue weighted by atomic mass is 16.5. The van der Waals surface area contributed by atoms with E-state index in [4.69, 9.17) is 4.74 Å². The summed E-state index contributed by atoms with van der Waals surface area (Å²) in [5, 5.41) is 0. The van der Waals surface area contributed by atoms with Crippen LogP contribution >= 0.6 is 0 Å². The van der Waals surface area contributed by atoms with Crippen molar-refractivity contribution in [1.82, 2.24) is 0 Å². The van der Waals surface area contributed by atoms with Crippen molar-refractivity contribution in [2.75, 3.05) is 6.61 Å². The number of rotatable bonds is 16. The van der Waals surface area contributed by atoms with Crippen LogP contribution in [0, 0.1) is 0 Å². The molecule has 0 bridgehead atoms. The fourth-order valence-electron chi connectivity index (χ4n) is 2.57. The van der Waals surface area contributed by atoms with Gasteiger partial charge >= 0.3 is 0 Å². The summed E-state index contributed by atoms with van der Waals surface area (Å²) >= 11 is 0. The summed E-state index contributed by atoms with van der Waals surface area (Å²) in [6, 6.07) is 0. The number of ketones is 1. The van der Waals surface area contributed by atoms with Gasteiger partial charge in [-0.3, -0.25) is 0 Å². The molecule has 0 aromatic carbocycles. The molecule has 0 N–H and O–H groups in total. The number of carbonyl (C=O) groups is 1. The maximum atomic E-state index is 10.9. The third-order valence-electron chi connectivity index (χ3n) is 3.95. The van der Waals surface area contributed by atoms with Crippen LogP contribution in [0.15, 0.2) is 24.3 Å². The van der Waals surface area contributed by atoms with Crippen LogP contribution in [-0.4, -0.2) is 18.5 Å². The molecule has 134 valence electrons. The molecule has 0 saturated carbocycles. The summed E-state index contributed by atoms with van der Waals surface area (Å²) in [6.45, 7) is 6.74.